The molecule has 2 unspecified atom stereocenters. The Morgan fingerprint density at radius 1 is 1.44 bits per heavy atom. The van der Waals surface area contributed by atoms with Crippen LogP contribution in [0.4, 0.5) is 5.69 Å². The number of aliphatic hydroxyl groups excluding tert-OH is 2. The highest BCUT2D eigenvalue weighted by Crippen LogP contribution is 2.33. The number of anilines is 1. The fourth-order valence-corrected chi connectivity index (χ4v) is 1.93. The number of carbonyl (C=O) groups is 1. The van der Waals surface area contributed by atoms with Crippen LogP contribution in [-0.4, -0.2) is 29.4 Å². The molecule has 0 heterocycles. The lowest BCUT2D eigenvalue weighted by Crippen LogP contribution is -2.23. The maximum absolute atomic E-state index is 11.0. The van der Waals surface area contributed by atoms with Gasteiger partial charge in [0.25, 0.3) is 0 Å². The fraction of sp³-hybridized carbons (Fsp3) is 0.364. The van der Waals surface area contributed by atoms with E-state index in [-0.39, 0.29) is 27.7 Å². The Balaban J connectivity index is 2.96. The largest absolute Gasteiger partial charge is 0.469 e. The van der Waals surface area contributed by atoms with Crippen LogP contribution in [0.25, 0.3) is 0 Å². The van der Waals surface area contributed by atoms with Crippen molar-refractivity contribution in [3.05, 3.63) is 27.7 Å². The van der Waals surface area contributed by atoms with Gasteiger partial charge in [-0.25, -0.2) is 0 Å². The molecule has 7 heteroatoms. The molecule has 0 radical (unpaired) electrons. The molecule has 2 atom stereocenters. The lowest BCUT2D eigenvalue weighted by atomic mass is 10.0. The first-order valence-electron chi connectivity index (χ1n) is 5.04. The van der Waals surface area contributed by atoms with E-state index >= 15 is 0 Å². The molecule has 0 aliphatic heterocycles. The van der Waals surface area contributed by atoms with Gasteiger partial charge in [0.2, 0.25) is 0 Å². The summed E-state index contributed by atoms with van der Waals surface area (Å²) in [4.78, 5) is 11.0. The Morgan fingerprint density at radius 2 is 2.06 bits per heavy atom. The third-order valence-electron chi connectivity index (χ3n) is 2.41. The monoisotopic (exact) mass is 293 g/mol. The zero-order valence-electron chi connectivity index (χ0n) is 9.56. The number of hydrogen-bond acceptors (Lipinski definition) is 5. The highest BCUT2D eigenvalue weighted by molar-refractivity contribution is 6.36. The molecule has 0 saturated heterocycles. The summed E-state index contributed by atoms with van der Waals surface area (Å²) < 4.78 is 4.39. The van der Waals surface area contributed by atoms with Crippen molar-refractivity contribution in [2.24, 2.45) is 0 Å². The van der Waals surface area contributed by atoms with Gasteiger partial charge < -0.3 is 20.7 Å². The highest BCUT2D eigenvalue weighted by atomic mass is 35.5. The van der Waals surface area contributed by atoms with Crippen LogP contribution in [0.5, 0.6) is 0 Å². The summed E-state index contributed by atoms with van der Waals surface area (Å²) in [6.45, 7) is 0. The topological polar surface area (TPSA) is 92.8 Å². The van der Waals surface area contributed by atoms with Crippen molar-refractivity contribution in [2.45, 2.75) is 18.6 Å². The lowest BCUT2D eigenvalue weighted by Gasteiger charge is -2.19. The van der Waals surface area contributed by atoms with Gasteiger partial charge in [0, 0.05) is 10.6 Å². The molecule has 18 heavy (non-hydrogen) atoms. The molecule has 0 spiro atoms. The Labute approximate surface area is 114 Å². The first kappa shape index (κ1) is 15.0. The minimum Gasteiger partial charge on any atom is -0.469 e. The van der Waals surface area contributed by atoms with Gasteiger partial charge in [-0.05, 0) is 12.1 Å². The number of esters is 1. The van der Waals surface area contributed by atoms with Crippen LogP contribution in [0.3, 0.4) is 0 Å². The number of ether oxygens (including phenoxy) is 1. The predicted molar refractivity (Wildman–Crippen MR) is 68.5 cm³/mol. The molecule has 0 saturated carbocycles. The van der Waals surface area contributed by atoms with E-state index in [1.54, 1.807) is 0 Å². The minimum absolute atomic E-state index is 0.109. The van der Waals surface area contributed by atoms with Gasteiger partial charge in [0.1, 0.15) is 6.10 Å². The number of rotatable bonds is 4. The summed E-state index contributed by atoms with van der Waals surface area (Å²) in [5, 5.41) is 20.0. The molecular formula is C11H13Cl2NO4. The maximum Gasteiger partial charge on any atom is 0.308 e. The molecule has 100 valence electrons. The Hall–Kier alpha value is -1.01. The molecule has 5 nitrogen and oxygen atoms in total. The number of benzene rings is 1. The van der Waals surface area contributed by atoms with E-state index in [4.69, 9.17) is 28.9 Å². The quantitative estimate of drug-likeness (QED) is 0.578. The second-order valence-corrected chi connectivity index (χ2v) is 4.53. The van der Waals surface area contributed by atoms with Crippen molar-refractivity contribution in [1.29, 1.82) is 0 Å². The smallest absolute Gasteiger partial charge is 0.308 e. The molecule has 0 aliphatic carbocycles. The average molecular weight is 294 g/mol. The fourth-order valence-electron chi connectivity index (χ4n) is 1.42. The summed E-state index contributed by atoms with van der Waals surface area (Å²) in [5.41, 5.74) is 5.95. The molecule has 1 aromatic rings. The van der Waals surface area contributed by atoms with Gasteiger partial charge >= 0.3 is 5.97 Å². The average Bonchev–Trinajstić information content (AvgIpc) is 2.32. The SMILES string of the molecule is COC(=O)CC(O)C(O)c1cc(Cl)cc(Cl)c1N. The van der Waals surface area contributed by atoms with Crippen molar-refractivity contribution < 1.29 is 19.7 Å². The van der Waals surface area contributed by atoms with Gasteiger partial charge in [0.05, 0.1) is 30.3 Å². The van der Waals surface area contributed by atoms with Gasteiger partial charge in [-0.2, -0.15) is 0 Å². The van der Waals surface area contributed by atoms with E-state index in [0.717, 1.165) is 0 Å². The summed E-state index contributed by atoms with van der Waals surface area (Å²) in [5.74, 6) is -0.645. The van der Waals surface area contributed by atoms with Crippen molar-refractivity contribution in [1.82, 2.24) is 0 Å². The third-order valence-corrected chi connectivity index (χ3v) is 2.94. The number of carbonyl (C=O) groups excluding carboxylic acids is 1. The second kappa shape index (κ2) is 6.24. The van der Waals surface area contributed by atoms with Gasteiger partial charge in [-0.15, -0.1) is 0 Å². The van der Waals surface area contributed by atoms with Crippen molar-refractivity contribution >= 4 is 34.9 Å². The number of nitrogens with two attached hydrogens (primary N) is 1. The third kappa shape index (κ3) is 3.49. The highest BCUT2D eigenvalue weighted by Gasteiger charge is 2.24. The van der Waals surface area contributed by atoms with Gasteiger partial charge in [0.15, 0.2) is 0 Å². The molecule has 4 N–H and O–H groups in total. The standard InChI is InChI=1S/C11H13Cl2NO4/c1-18-9(16)4-8(15)11(17)6-2-5(12)3-7(13)10(6)14/h2-3,8,11,15,17H,4,14H2,1H3. The van der Waals surface area contributed by atoms with Crippen molar-refractivity contribution in [3.8, 4) is 0 Å². The van der Waals surface area contributed by atoms with Crippen LogP contribution in [0, 0.1) is 0 Å². The number of hydrogen-bond donors (Lipinski definition) is 3. The summed E-state index contributed by atoms with van der Waals surface area (Å²) in [6.07, 6.45) is -3.09. The zero-order valence-corrected chi connectivity index (χ0v) is 11.1. The van der Waals surface area contributed by atoms with Crippen molar-refractivity contribution in [2.75, 3.05) is 12.8 Å². The molecule has 0 aliphatic rings. The normalized spacial score (nSPS) is 14.1. The molecule has 1 rings (SSSR count). The van der Waals surface area contributed by atoms with Crippen LogP contribution < -0.4 is 5.73 Å². The Kier molecular flexibility index (Phi) is 5.22. The summed E-state index contributed by atoms with van der Waals surface area (Å²) >= 11 is 11.6. The molecule has 0 amide bonds. The number of nitrogen functional groups attached to an aromatic ring is 1. The van der Waals surface area contributed by atoms with Crippen LogP contribution in [-0.2, 0) is 9.53 Å². The number of methoxy groups -OCH3 is 1. The molecular weight excluding hydrogens is 281 g/mol. The minimum atomic E-state index is -1.37. The first-order valence-corrected chi connectivity index (χ1v) is 5.79. The van der Waals surface area contributed by atoms with Gasteiger partial charge in [-0.3, -0.25) is 4.79 Å². The second-order valence-electron chi connectivity index (χ2n) is 3.68. The van der Waals surface area contributed by atoms with E-state index in [0.29, 0.717) is 0 Å². The van der Waals surface area contributed by atoms with Crippen LogP contribution >= 0.6 is 23.2 Å². The van der Waals surface area contributed by atoms with Gasteiger partial charge in [-0.1, -0.05) is 23.2 Å². The number of aliphatic hydroxyl groups is 2. The van der Waals surface area contributed by atoms with Crippen LogP contribution in [0.2, 0.25) is 10.0 Å². The van der Waals surface area contributed by atoms with Crippen molar-refractivity contribution in [3.63, 3.8) is 0 Å². The summed E-state index contributed by atoms with van der Waals surface area (Å²) in [6, 6.07) is 2.80. The maximum atomic E-state index is 11.0. The number of halogens is 2. The molecule has 0 bridgehead atoms. The van der Waals surface area contributed by atoms with Crippen LogP contribution in [0.15, 0.2) is 12.1 Å². The molecule has 0 aromatic heterocycles. The van der Waals surface area contributed by atoms with E-state index in [1.165, 1.54) is 19.2 Å². The molecule has 1 aromatic carbocycles. The summed E-state index contributed by atoms with van der Waals surface area (Å²) in [7, 11) is 1.19. The lowest BCUT2D eigenvalue weighted by molar-refractivity contribution is -0.144. The Bertz CT molecular complexity index is 453. The first-order chi connectivity index (χ1) is 8.36. The predicted octanol–water partition coefficient (Wildman–Crippen LogP) is 1.53. The van der Waals surface area contributed by atoms with E-state index in [9.17, 15) is 15.0 Å². The van der Waals surface area contributed by atoms with E-state index in [1.807, 2.05) is 0 Å². The molecule has 0 fully saturated rings. The van der Waals surface area contributed by atoms with E-state index in [2.05, 4.69) is 4.74 Å². The Morgan fingerprint density at radius 3 is 2.61 bits per heavy atom. The van der Waals surface area contributed by atoms with E-state index < -0.39 is 18.2 Å². The van der Waals surface area contributed by atoms with Crippen LogP contribution in [0.1, 0.15) is 18.1 Å². The zero-order chi connectivity index (χ0) is 13.9.